The van der Waals surface area contributed by atoms with Gasteiger partial charge in [0.05, 0.1) is 5.56 Å². The first-order valence-electron chi connectivity index (χ1n) is 6.59. The van der Waals surface area contributed by atoms with Crippen molar-refractivity contribution in [2.24, 2.45) is 0 Å². The van der Waals surface area contributed by atoms with Crippen molar-refractivity contribution in [1.29, 1.82) is 0 Å². The Kier molecular flexibility index (Phi) is 3.79. The molecular formula is C15H11N5O3. The SMILES string of the molecule is O=C(O)c1cccc(NC(=O)c2ccnc(-n3cnnc3)c2)c1. The first-order chi connectivity index (χ1) is 11.1. The minimum absolute atomic E-state index is 0.0997. The van der Waals surface area contributed by atoms with Crippen LogP contribution in [-0.4, -0.2) is 36.7 Å². The van der Waals surface area contributed by atoms with Gasteiger partial charge in [-0.15, -0.1) is 10.2 Å². The van der Waals surface area contributed by atoms with Gasteiger partial charge in [-0.25, -0.2) is 9.78 Å². The van der Waals surface area contributed by atoms with Crippen LogP contribution in [0.5, 0.6) is 0 Å². The van der Waals surface area contributed by atoms with E-state index in [1.807, 2.05) is 0 Å². The van der Waals surface area contributed by atoms with Gasteiger partial charge in [0.25, 0.3) is 5.91 Å². The molecule has 0 saturated carbocycles. The molecule has 0 saturated heterocycles. The smallest absolute Gasteiger partial charge is 0.335 e. The summed E-state index contributed by atoms with van der Waals surface area (Å²) in [6, 6.07) is 9.17. The highest BCUT2D eigenvalue weighted by molar-refractivity contribution is 6.05. The molecule has 1 aromatic carbocycles. The third kappa shape index (κ3) is 3.21. The highest BCUT2D eigenvalue weighted by Gasteiger charge is 2.10. The van der Waals surface area contributed by atoms with Gasteiger partial charge in [-0.05, 0) is 30.3 Å². The maximum atomic E-state index is 12.3. The number of carbonyl (C=O) groups is 2. The van der Waals surface area contributed by atoms with Crippen LogP contribution in [0.15, 0.2) is 55.2 Å². The van der Waals surface area contributed by atoms with Crippen molar-refractivity contribution in [3.05, 3.63) is 66.4 Å². The number of aromatic carboxylic acids is 1. The van der Waals surface area contributed by atoms with Crippen molar-refractivity contribution in [3.8, 4) is 5.82 Å². The standard InChI is InChI=1S/C15H11N5O3/c21-14(19-12-3-1-2-11(6-12)15(22)23)10-4-5-16-13(7-10)20-8-17-18-9-20/h1-9H,(H,19,21)(H,22,23). The Morgan fingerprint density at radius 1 is 1.04 bits per heavy atom. The summed E-state index contributed by atoms with van der Waals surface area (Å²) in [5, 5.41) is 19.0. The number of rotatable bonds is 4. The lowest BCUT2D eigenvalue weighted by molar-refractivity contribution is 0.0696. The Morgan fingerprint density at radius 3 is 2.57 bits per heavy atom. The van der Waals surface area contributed by atoms with Crippen molar-refractivity contribution in [2.75, 3.05) is 5.32 Å². The highest BCUT2D eigenvalue weighted by atomic mass is 16.4. The lowest BCUT2D eigenvalue weighted by atomic mass is 10.2. The summed E-state index contributed by atoms with van der Waals surface area (Å²) in [5.41, 5.74) is 0.879. The van der Waals surface area contributed by atoms with Gasteiger partial charge in [0.2, 0.25) is 0 Å². The predicted octanol–water partition coefficient (Wildman–Crippen LogP) is 1.61. The Morgan fingerprint density at radius 2 is 1.83 bits per heavy atom. The third-order valence-corrected chi connectivity index (χ3v) is 3.06. The Labute approximate surface area is 130 Å². The Hall–Kier alpha value is -3.55. The van der Waals surface area contributed by atoms with Crippen LogP contribution in [0.1, 0.15) is 20.7 Å². The zero-order valence-corrected chi connectivity index (χ0v) is 11.7. The van der Waals surface area contributed by atoms with Gasteiger partial charge in [-0.2, -0.15) is 0 Å². The van der Waals surface area contributed by atoms with Gasteiger partial charge in [0.15, 0.2) is 0 Å². The first kappa shape index (κ1) is 14.4. The van der Waals surface area contributed by atoms with E-state index < -0.39 is 5.97 Å². The molecule has 2 heterocycles. The van der Waals surface area contributed by atoms with Crippen molar-refractivity contribution in [1.82, 2.24) is 19.7 Å². The minimum atomic E-state index is -1.06. The average molecular weight is 309 g/mol. The number of anilines is 1. The molecule has 0 aliphatic carbocycles. The number of nitrogens with zero attached hydrogens (tertiary/aromatic N) is 4. The molecule has 8 heteroatoms. The quantitative estimate of drug-likeness (QED) is 0.757. The monoisotopic (exact) mass is 309 g/mol. The lowest BCUT2D eigenvalue weighted by Gasteiger charge is -2.07. The largest absolute Gasteiger partial charge is 0.478 e. The molecule has 0 atom stereocenters. The normalized spacial score (nSPS) is 10.3. The van der Waals surface area contributed by atoms with E-state index in [-0.39, 0.29) is 11.5 Å². The van der Waals surface area contributed by atoms with Crippen LogP contribution in [0.3, 0.4) is 0 Å². The van der Waals surface area contributed by atoms with E-state index >= 15 is 0 Å². The van der Waals surface area contributed by atoms with E-state index in [2.05, 4.69) is 20.5 Å². The summed E-state index contributed by atoms with van der Waals surface area (Å²) >= 11 is 0. The van der Waals surface area contributed by atoms with E-state index in [0.717, 1.165) is 0 Å². The van der Waals surface area contributed by atoms with Crippen LogP contribution < -0.4 is 5.32 Å². The molecule has 3 rings (SSSR count). The maximum Gasteiger partial charge on any atom is 0.335 e. The van der Waals surface area contributed by atoms with Gasteiger partial charge in [0.1, 0.15) is 18.5 Å². The lowest BCUT2D eigenvalue weighted by Crippen LogP contribution is -2.13. The van der Waals surface area contributed by atoms with Crippen LogP contribution in [0.4, 0.5) is 5.69 Å². The molecule has 2 aromatic heterocycles. The summed E-state index contributed by atoms with van der Waals surface area (Å²) in [6.45, 7) is 0. The molecule has 23 heavy (non-hydrogen) atoms. The van der Waals surface area contributed by atoms with Gasteiger partial charge < -0.3 is 10.4 Å². The number of pyridine rings is 1. The fourth-order valence-electron chi connectivity index (χ4n) is 1.95. The number of amides is 1. The van der Waals surface area contributed by atoms with Crippen LogP contribution in [0.25, 0.3) is 5.82 Å². The average Bonchev–Trinajstić information content (AvgIpc) is 3.10. The Bertz CT molecular complexity index is 861. The number of carbonyl (C=O) groups excluding carboxylic acids is 1. The molecule has 0 bridgehead atoms. The van der Waals surface area contributed by atoms with E-state index in [9.17, 15) is 9.59 Å². The van der Waals surface area contributed by atoms with Gasteiger partial charge in [-0.1, -0.05) is 6.07 Å². The molecule has 0 unspecified atom stereocenters. The maximum absolute atomic E-state index is 12.3. The van der Waals surface area contributed by atoms with Crippen molar-refractivity contribution >= 4 is 17.6 Å². The number of hydrogen-bond donors (Lipinski definition) is 2. The van der Waals surface area contributed by atoms with E-state index in [0.29, 0.717) is 17.1 Å². The van der Waals surface area contributed by atoms with Gasteiger partial charge >= 0.3 is 5.97 Å². The molecule has 3 aromatic rings. The molecule has 0 fully saturated rings. The molecule has 0 aliphatic heterocycles. The van der Waals surface area contributed by atoms with Gasteiger partial charge in [-0.3, -0.25) is 9.36 Å². The summed E-state index contributed by atoms with van der Waals surface area (Å²) in [4.78, 5) is 27.4. The first-order valence-corrected chi connectivity index (χ1v) is 6.59. The molecule has 8 nitrogen and oxygen atoms in total. The van der Waals surface area contributed by atoms with Crippen LogP contribution in [0.2, 0.25) is 0 Å². The van der Waals surface area contributed by atoms with Crippen LogP contribution >= 0.6 is 0 Å². The second kappa shape index (κ2) is 6.06. The summed E-state index contributed by atoms with van der Waals surface area (Å²) < 4.78 is 1.57. The zero-order chi connectivity index (χ0) is 16.2. The number of aromatic nitrogens is 4. The second-order valence-corrected chi connectivity index (χ2v) is 4.61. The van der Waals surface area contributed by atoms with Gasteiger partial charge in [0, 0.05) is 17.4 Å². The number of benzene rings is 1. The molecular weight excluding hydrogens is 298 g/mol. The third-order valence-electron chi connectivity index (χ3n) is 3.06. The molecule has 0 spiro atoms. The minimum Gasteiger partial charge on any atom is -0.478 e. The number of nitrogens with one attached hydrogen (secondary N) is 1. The summed E-state index contributed by atoms with van der Waals surface area (Å²) in [7, 11) is 0. The predicted molar refractivity (Wildman–Crippen MR) is 80.5 cm³/mol. The highest BCUT2D eigenvalue weighted by Crippen LogP contribution is 2.13. The van der Waals surface area contributed by atoms with E-state index in [4.69, 9.17) is 5.11 Å². The van der Waals surface area contributed by atoms with Crippen molar-refractivity contribution < 1.29 is 14.7 Å². The van der Waals surface area contributed by atoms with Crippen molar-refractivity contribution in [2.45, 2.75) is 0 Å². The van der Waals surface area contributed by atoms with E-state index in [1.54, 1.807) is 28.8 Å². The van der Waals surface area contributed by atoms with Crippen molar-refractivity contribution in [3.63, 3.8) is 0 Å². The molecule has 1 amide bonds. The summed E-state index contributed by atoms with van der Waals surface area (Å²) in [5.74, 6) is -0.925. The zero-order valence-electron chi connectivity index (χ0n) is 11.7. The van der Waals surface area contributed by atoms with Crippen LogP contribution in [-0.2, 0) is 0 Å². The summed E-state index contributed by atoms with van der Waals surface area (Å²) in [6.07, 6.45) is 4.44. The molecule has 2 N–H and O–H groups in total. The number of hydrogen-bond acceptors (Lipinski definition) is 5. The Balaban J connectivity index is 1.82. The van der Waals surface area contributed by atoms with Crippen LogP contribution in [0, 0.1) is 0 Å². The fourth-order valence-corrected chi connectivity index (χ4v) is 1.95. The number of carboxylic acid groups (broad SMARTS) is 1. The van der Waals surface area contributed by atoms with E-state index in [1.165, 1.54) is 31.0 Å². The molecule has 0 radical (unpaired) electrons. The molecule has 0 aliphatic rings. The topological polar surface area (TPSA) is 110 Å². The molecule has 114 valence electrons. The second-order valence-electron chi connectivity index (χ2n) is 4.61. The fraction of sp³-hybridized carbons (Fsp3) is 0. The number of carboxylic acids is 1.